The van der Waals surface area contributed by atoms with E-state index in [1.165, 1.54) is 22.0 Å². The van der Waals surface area contributed by atoms with Crippen LogP contribution in [-0.2, 0) is 11.3 Å². The monoisotopic (exact) mass is 245 g/mol. The first-order chi connectivity index (χ1) is 8.50. The molecule has 1 aromatic heterocycles. The van der Waals surface area contributed by atoms with Gasteiger partial charge in [0.2, 0.25) is 0 Å². The van der Waals surface area contributed by atoms with Crippen LogP contribution in [0.5, 0.6) is 0 Å². The zero-order chi connectivity index (χ0) is 13.3. The molecule has 0 unspecified atom stereocenters. The molecule has 0 N–H and O–H groups in total. The van der Waals surface area contributed by atoms with Gasteiger partial charge in [0, 0.05) is 23.2 Å². The number of aromatic nitrogens is 1. The molecule has 0 atom stereocenters. The highest BCUT2D eigenvalue weighted by Gasteiger charge is 2.12. The molecule has 0 saturated heterocycles. The van der Waals surface area contributed by atoms with Crippen LogP contribution in [0, 0.1) is 6.92 Å². The van der Waals surface area contributed by atoms with Crippen LogP contribution in [0.3, 0.4) is 0 Å². The summed E-state index contributed by atoms with van der Waals surface area (Å²) in [5.74, 6) is 0. The second-order valence-electron chi connectivity index (χ2n) is 5.49. The lowest BCUT2D eigenvalue weighted by Crippen LogP contribution is -2.02. The van der Waals surface area contributed by atoms with E-state index in [4.69, 9.17) is 4.74 Å². The van der Waals surface area contributed by atoms with Gasteiger partial charge in [0.25, 0.3) is 0 Å². The molecule has 0 amide bonds. The molecule has 1 aromatic carbocycles. The highest BCUT2D eigenvalue weighted by molar-refractivity contribution is 5.86. The van der Waals surface area contributed by atoms with Crippen LogP contribution in [0.4, 0.5) is 0 Å². The van der Waals surface area contributed by atoms with E-state index in [1.807, 2.05) is 0 Å². The predicted molar refractivity (Wildman–Crippen MR) is 77.0 cm³/mol. The van der Waals surface area contributed by atoms with Gasteiger partial charge in [-0.05, 0) is 40.2 Å². The van der Waals surface area contributed by atoms with Crippen LogP contribution in [0.25, 0.3) is 10.9 Å². The number of aryl methyl sites for hydroxylation is 1. The number of benzene rings is 1. The van der Waals surface area contributed by atoms with Crippen molar-refractivity contribution < 1.29 is 4.74 Å². The number of nitrogens with zero attached hydrogens (tertiary/aromatic N) is 1. The van der Waals surface area contributed by atoms with Gasteiger partial charge in [0.1, 0.15) is 0 Å². The van der Waals surface area contributed by atoms with Crippen molar-refractivity contribution in [2.75, 3.05) is 0 Å². The van der Waals surface area contributed by atoms with Gasteiger partial charge in [0.05, 0.1) is 18.2 Å². The van der Waals surface area contributed by atoms with E-state index in [-0.39, 0.29) is 6.10 Å². The highest BCUT2D eigenvalue weighted by Crippen LogP contribution is 2.28. The lowest BCUT2D eigenvalue weighted by atomic mass is 10.1. The summed E-state index contributed by atoms with van der Waals surface area (Å²) in [6.45, 7) is 11.5. The number of para-hydroxylation sites is 1. The van der Waals surface area contributed by atoms with Crippen LogP contribution in [0.15, 0.2) is 24.4 Å². The molecule has 0 radical (unpaired) electrons. The van der Waals surface area contributed by atoms with E-state index in [0.29, 0.717) is 12.6 Å². The van der Waals surface area contributed by atoms with Crippen LogP contribution >= 0.6 is 0 Å². The summed E-state index contributed by atoms with van der Waals surface area (Å²) in [4.78, 5) is 0. The highest BCUT2D eigenvalue weighted by atomic mass is 16.5. The average molecular weight is 245 g/mol. The fourth-order valence-corrected chi connectivity index (χ4v) is 2.34. The fourth-order valence-electron chi connectivity index (χ4n) is 2.34. The Bertz CT molecular complexity index is 537. The Labute approximate surface area is 110 Å². The maximum Gasteiger partial charge on any atom is 0.0741 e. The van der Waals surface area contributed by atoms with Crippen molar-refractivity contribution in [3.05, 3.63) is 35.5 Å². The third kappa shape index (κ3) is 2.44. The van der Waals surface area contributed by atoms with Gasteiger partial charge < -0.3 is 9.30 Å². The number of hydrogen-bond donors (Lipinski definition) is 0. The molecule has 0 spiro atoms. The lowest BCUT2D eigenvalue weighted by molar-refractivity contribution is 0.0663. The molecule has 1 heterocycles. The van der Waals surface area contributed by atoms with E-state index in [2.05, 4.69) is 63.6 Å². The first-order valence-corrected chi connectivity index (χ1v) is 6.71. The summed E-state index contributed by atoms with van der Waals surface area (Å²) in [7, 11) is 0. The summed E-state index contributed by atoms with van der Waals surface area (Å²) >= 11 is 0. The van der Waals surface area contributed by atoms with Gasteiger partial charge in [-0.1, -0.05) is 18.2 Å². The zero-order valence-corrected chi connectivity index (χ0v) is 12.0. The minimum absolute atomic E-state index is 0.271. The van der Waals surface area contributed by atoms with E-state index >= 15 is 0 Å². The molecule has 98 valence electrons. The third-order valence-corrected chi connectivity index (χ3v) is 3.27. The Morgan fingerprint density at radius 2 is 1.89 bits per heavy atom. The molecule has 0 aliphatic rings. The van der Waals surface area contributed by atoms with E-state index in [9.17, 15) is 0 Å². The fraction of sp³-hybridized carbons (Fsp3) is 0.500. The second kappa shape index (κ2) is 5.15. The standard InChI is InChI=1S/C16H23NO/c1-11(2)17-9-14(10-18-12(3)4)15-8-6-7-13(5)16(15)17/h6-9,11-12H,10H2,1-5H3. The first-order valence-electron chi connectivity index (χ1n) is 6.71. The molecule has 2 heteroatoms. The quantitative estimate of drug-likeness (QED) is 0.776. The average Bonchev–Trinajstić information content (AvgIpc) is 2.67. The summed E-state index contributed by atoms with van der Waals surface area (Å²) in [5, 5.41) is 1.32. The number of fused-ring (bicyclic) bond motifs is 1. The van der Waals surface area contributed by atoms with Crippen molar-refractivity contribution in [3.63, 3.8) is 0 Å². The van der Waals surface area contributed by atoms with Crippen molar-refractivity contribution in [1.29, 1.82) is 0 Å². The third-order valence-electron chi connectivity index (χ3n) is 3.27. The van der Waals surface area contributed by atoms with E-state index in [0.717, 1.165) is 0 Å². The molecular formula is C16H23NO. The smallest absolute Gasteiger partial charge is 0.0741 e. The van der Waals surface area contributed by atoms with Gasteiger partial charge in [-0.15, -0.1) is 0 Å². The van der Waals surface area contributed by atoms with Crippen molar-refractivity contribution in [1.82, 2.24) is 4.57 Å². The van der Waals surface area contributed by atoms with Gasteiger partial charge in [-0.3, -0.25) is 0 Å². The normalized spacial score (nSPS) is 11.9. The van der Waals surface area contributed by atoms with Crippen molar-refractivity contribution in [3.8, 4) is 0 Å². The van der Waals surface area contributed by atoms with Gasteiger partial charge in [-0.2, -0.15) is 0 Å². The first kappa shape index (κ1) is 13.2. The maximum atomic E-state index is 5.76. The Hall–Kier alpha value is -1.28. The molecular weight excluding hydrogens is 222 g/mol. The molecule has 18 heavy (non-hydrogen) atoms. The van der Waals surface area contributed by atoms with E-state index in [1.54, 1.807) is 0 Å². The van der Waals surface area contributed by atoms with Crippen LogP contribution < -0.4 is 0 Å². The molecule has 2 aromatic rings. The Kier molecular flexibility index (Phi) is 3.76. The lowest BCUT2D eigenvalue weighted by Gasteiger charge is -2.10. The van der Waals surface area contributed by atoms with E-state index < -0.39 is 0 Å². The largest absolute Gasteiger partial charge is 0.374 e. The van der Waals surface area contributed by atoms with Crippen molar-refractivity contribution in [2.45, 2.75) is 53.4 Å². The topological polar surface area (TPSA) is 14.2 Å². The molecule has 0 aliphatic carbocycles. The van der Waals surface area contributed by atoms with Gasteiger partial charge >= 0.3 is 0 Å². The van der Waals surface area contributed by atoms with Crippen LogP contribution in [0.1, 0.15) is 44.9 Å². The van der Waals surface area contributed by atoms with Crippen molar-refractivity contribution in [2.24, 2.45) is 0 Å². The minimum atomic E-state index is 0.271. The summed E-state index contributed by atoms with van der Waals surface area (Å²) in [5.41, 5.74) is 3.96. The molecule has 0 fully saturated rings. The second-order valence-corrected chi connectivity index (χ2v) is 5.49. The number of hydrogen-bond acceptors (Lipinski definition) is 1. The molecule has 0 aliphatic heterocycles. The summed E-state index contributed by atoms with van der Waals surface area (Å²) < 4.78 is 8.11. The predicted octanol–water partition coefficient (Wildman–Crippen LogP) is 4.46. The summed E-state index contributed by atoms with van der Waals surface area (Å²) in [6, 6.07) is 6.97. The van der Waals surface area contributed by atoms with Crippen LogP contribution in [-0.4, -0.2) is 10.7 Å². The molecule has 2 rings (SSSR count). The zero-order valence-electron chi connectivity index (χ0n) is 12.0. The Balaban J connectivity index is 2.51. The Morgan fingerprint density at radius 3 is 2.50 bits per heavy atom. The summed E-state index contributed by atoms with van der Waals surface area (Å²) in [6.07, 6.45) is 2.51. The number of ether oxygens (including phenoxy) is 1. The maximum absolute atomic E-state index is 5.76. The van der Waals surface area contributed by atoms with Crippen LogP contribution in [0.2, 0.25) is 0 Å². The Morgan fingerprint density at radius 1 is 1.17 bits per heavy atom. The number of rotatable bonds is 4. The van der Waals surface area contributed by atoms with Gasteiger partial charge in [-0.25, -0.2) is 0 Å². The minimum Gasteiger partial charge on any atom is -0.374 e. The van der Waals surface area contributed by atoms with Gasteiger partial charge in [0.15, 0.2) is 0 Å². The molecule has 2 nitrogen and oxygen atoms in total. The van der Waals surface area contributed by atoms with Crippen molar-refractivity contribution >= 4 is 10.9 Å². The molecule has 0 bridgehead atoms. The molecule has 0 saturated carbocycles. The SMILES string of the molecule is Cc1cccc2c(COC(C)C)cn(C(C)C)c12.